The quantitative estimate of drug-likeness (QED) is 0.456. The molecule has 2 aromatic heterocycles. The van der Waals surface area contributed by atoms with Crippen LogP contribution in [0.15, 0.2) is 59.3 Å². The molecule has 5 nitrogen and oxygen atoms in total. The summed E-state index contributed by atoms with van der Waals surface area (Å²) in [5.74, 6) is 0.171. The molecule has 2 N–H and O–H groups in total. The predicted octanol–water partition coefficient (Wildman–Crippen LogP) is 4.81. The van der Waals surface area contributed by atoms with E-state index in [-0.39, 0.29) is 11.7 Å². The van der Waals surface area contributed by atoms with E-state index >= 15 is 0 Å². The molecule has 0 bridgehead atoms. The van der Waals surface area contributed by atoms with Crippen LogP contribution in [0.25, 0.3) is 22.3 Å². The number of aryl methyl sites for hydroxylation is 1. The number of carbonyl (C=O) groups is 1. The summed E-state index contributed by atoms with van der Waals surface area (Å²) >= 11 is 3.49. The monoisotopic (exact) mass is 452 g/mol. The van der Waals surface area contributed by atoms with Gasteiger partial charge < -0.3 is 10.3 Å². The molecule has 0 aliphatic rings. The summed E-state index contributed by atoms with van der Waals surface area (Å²) in [6, 6.07) is 12.0. The van der Waals surface area contributed by atoms with E-state index in [9.17, 15) is 9.18 Å². The minimum absolute atomic E-state index is 0.159. The van der Waals surface area contributed by atoms with Crippen LogP contribution in [-0.4, -0.2) is 27.4 Å². The van der Waals surface area contributed by atoms with Crippen molar-refractivity contribution < 1.29 is 9.18 Å². The van der Waals surface area contributed by atoms with Gasteiger partial charge in [-0.1, -0.05) is 28.1 Å². The molecule has 0 saturated carbocycles. The van der Waals surface area contributed by atoms with E-state index in [0.29, 0.717) is 29.9 Å². The van der Waals surface area contributed by atoms with Crippen LogP contribution in [0.1, 0.15) is 21.6 Å². The van der Waals surface area contributed by atoms with Gasteiger partial charge in [0, 0.05) is 45.6 Å². The molecule has 0 radical (unpaired) electrons. The Morgan fingerprint density at radius 2 is 1.86 bits per heavy atom. The van der Waals surface area contributed by atoms with Crippen molar-refractivity contribution >= 4 is 32.7 Å². The van der Waals surface area contributed by atoms with E-state index in [1.165, 1.54) is 6.07 Å². The molecule has 4 rings (SSSR count). The maximum Gasteiger partial charge on any atom is 0.251 e. The Hall–Kier alpha value is -3.06. The highest BCUT2D eigenvalue weighted by atomic mass is 79.9. The highest BCUT2D eigenvalue weighted by Crippen LogP contribution is 2.31. The molecule has 0 atom stereocenters. The minimum atomic E-state index is -0.288. The molecule has 0 aliphatic heterocycles. The highest BCUT2D eigenvalue weighted by molar-refractivity contribution is 9.10. The third-order valence-electron chi connectivity index (χ3n) is 4.80. The number of nitrogens with one attached hydrogen (secondary N) is 2. The van der Waals surface area contributed by atoms with E-state index in [1.54, 1.807) is 36.7 Å². The first-order chi connectivity index (χ1) is 14.0. The molecule has 7 heteroatoms. The normalized spacial score (nSPS) is 11.0. The maximum atomic E-state index is 14.1. The van der Waals surface area contributed by atoms with Crippen molar-refractivity contribution in [3.05, 3.63) is 82.0 Å². The standard InChI is InChI=1S/C22H18BrFN4O/c1-13-16(19-17(23)7-8-18(24)20(19)28-13)9-12-27-22(29)15-5-3-14(4-6-15)21-25-10-2-11-26-21/h2-8,10-11,28H,9,12H2,1H3,(H,27,29). The Labute approximate surface area is 175 Å². The van der Waals surface area contributed by atoms with E-state index in [0.717, 1.165) is 26.7 Å². The molecular weight excluding hydrogens is 435 g/mol. The third-order valence-corrected chi connectivity index (χ3v) is 5.46. The van der Waals surface area contributed by atoms with Crippen molar-refractivity contribution in [3.63, 3.8) is 0 Å². The summed E-state index contributed by atoms with van der Waals surface area (Å²) in [6.45, 7) is 2.35. The molecule has 2 aromatic carbocycles. The first-order valence-electron chi connectivity index (χ1n) is 9.15. The summed E-state index contributed by atoms with van der Waals surface area (Å²) < 4.78 is 14.9. The molecule has 2 heterocycles. The third kappa shape index (κ3) is 3.91. The second-order valence-corrected chi connectivity index (χ2v) is 7.52. The molecule has 0 aliphatic carbocycles. The lowest BCUT2D eigenvalue weighted by atomic mass is 10.1. The number of aromatic amines is 1. The van der Waals surface area contributed by atoms with Gasteiger partial charge in [0.15, 0.2) is 5.82 Å². The van der Waals surface area contributed by atoms with Crippen molar-refractivity contribution in [3.8, 4) is 11.4 Å². The summed E-state index contributed by atoms with van der Waals surface area (Å²) in [5, 5.41) is 3.75. The Morgan fingerprint density at radius 3 is 2.59 bits per heavy atom. The Morgan fingerprint density at radius 1 is 1.14 bits per heavy atom. The van der Waals surface area contributed by atoms with Gasteiger partial charge in [0.2, 0.25) is 0 Å². The first kappa shape index (κ1) is 19.3. The zero-order chi connectivity index (χ0) is 20.4. The largest absolute Gasteiger partial charge is 0.356 e. The molecule has 0 spiro atoms. The SMILES string of the molecule is Cc1[nH]c2c(F)ccc(Br)c2c1CCNC(=O)c1ccc(-c2ncccn2)cc1. The van der Waals surface area contributed by atoms with Gasteiger partial charge in [0.1, 0.15) is 5.82 Å². The van der Waals surface area contributed by atoms with E-state index in [1.807, 2.05) is 19.1 Å². The van der Waals surface area contributed by atoms with Gasteiger partial charge in [-0.2, -0.15) is 0 Å². The zero-order valence-corrected chi connectivity index (χ0v) is 17.3. The van der Waals surface area contributed by atoms with Crippen molar-refractivity contribution in [1.82, 2.24) is 20.3 Å². The van der Waals surface area contributed by atoms with Gasteiger partial charge in [-0.3, -0.25) is 4.79 Å². The van der Waals surface area contributed by atoms with Crippen molar-refractivity contribution in [2.75, 3.05) is 6.54 Å². The molecule has 1 amide bonds. The van der Waals surface area contributed by atoms with Crippen molar-refractivity contribution in [2.45, 2.75) is 13.3 Å². The molecule has 0 unspecified atom stereocenters. The van der Waals surface area contributed by atoms with Gasteiger partial charge in [0.05, 0.1) is 5.52 Å². The number of fused-ring (bicyclic) bond motifs is 1. The number of H-pyrrole nitrogens is 1. The zero-order valence-electron chi connectivity index (χ0n) is 15.7. The first-order valence-corrected chi connectivity index (χ1v) is 9.94. The van der Waals surface area contributed by atoms with Gasteiger partial charge >= 0.3 is 0 Å². The van der Waals surface area contributed by atoms with Crippen LogP contribution < -0.4 is 5.32 Å². The molecule has 29 heavy (non-hydrogen) atoms. The van der Waals surface area contributed by atoms with E-state index in [4.69, 9.17) is 0 Å². The van der Waals surface area contributed by atoms with Crippen LogP contribution in [0.5, 0.6) is 0 Å². The fourth-order valence-corrected chi connectivity index (χ4v) is 3.92. The Kier molecular flexibility index (Phi) is 5.40. The Balaban J connectivity index is 1.44. The predicted molar refractivity (Wildman–Crippen MR) is 114 cm³/mol. The topological polar surface area (TPSA) is 70.7 Å². The molecule has 146 valence electrons. The minimum Gasteiger partial charge on any atom is -0.356 e. The van der Waals surface area contributed by atoms with Gasteiger partial charge in [0.25, 0.3) is 5.91 Å². The van der Waals surface area contributed by atoms with Crippen LogP contribution in [0.4, 0.5) is 4.39 Å². The van der Waals surface area contributed by atoms with Gasteiger partial charge in [-0.25, -0.2) is 14.4 Å². The molecule has 0 saturated heterocycles. The smallest absolute Gasteiger partial charge is 0.251 e. The second kappa shape index (κ2) is 8.13. The number of halogens is 2. The number of aromatic nitrogens is 3. The van der Waals surface area contributed by atoms with Crippen LogP contribution in [0.3, 0.4) is 0 Å². The van der Waals surface area contributed by atoms with Crippen LogP contribution in [0, 0.1) is 12.7 Å². The molecule has 0 fully saturated rings. The van der Waals surface area contributed by atoms with E-state index < -0.39 is 0 Å². The lowest BCUT2D eigenvalue weighted by Gasteiger charge is -2.07. The average molecular weight is 453 g/mol. The number of rotatable bonds is 5. The number of nitrogens with zero attached hydrogens (tertiary/aromatic N) is 2. The average Bonchev–Trinajstić information content (AvgIpc) is 3.09. The number of benzene rings is 2. The number of amides is 1. The summed E-state index contributed by atoms with van der Waals surface area (Å²) in [7, 11) is 0. The van der Waals surface area contributed by atoms with Crippen LogP contribution in [-0.2, 0) is 6.42 Å². The van der Waals surface area contributed by atoms with E-state index in [2.05, 4.69) is 36.2 Å². The summed E-state index contributed by atoms with van der Waals surface area (Å²) in [5.41, 5.74) is 3.78. The fourth-order valence-electron chi connectivity index (χ4n) is 3.35. The lowest BCUT2D eigenvalue weighted by Crippen LogP contribution is -2.25. The van der Waals surface area contributed by atoms with Crippen LogP contribution in [0.2, 0.25) is 0 Å². The Bertz CT molecular complexity index is 1170. The van der Waals surface area contributed by atoms with Crippen LogP contribution >= 0.6 is 15.9 Å². The lowest BCUT2D eigenvalue weighted by molar-refractivity contribution is 0.0954. The number of carbonyl (C=O) groups excluding carboxylic acids is 1. The maximum absolute atomic E-state index is 14.1. The van der Waals surface area contributed by atoms with Crippen molar-refractivity contribution in [1.29, 1.82) is 0 Å². The van der Waals surface area contributed by atoms with Crippen molar-refractivity contribution in [2.24, 2.45) is 0 Å². The van der Waals surface area contributed by atoms with Gasteiger partial charge in [-0.15, -0.1) is 0 Å². The highest BCUT2D eigenvalue weighted by Gasteiger charge is 2.15. The van der Waals surface area contributed by atoms with Gasteiger partial charge in [-0.05, 0) is 49.2 Å². The molecule has 4 aromatic rings. The summed E-state index contributed by atoms with van der Waals surface area (Å²) in [4.78, 5) is 24.0. The fraction of sp³-hybridized carbons (Fsp3) is 0.136. The second-order valence-electron chi connectivity index (χ2n) is 6.66. The molecular formula is C22H18BrFN4O. The summed E-state index contributed by atoms with van der Waals surface area (Å²) in [6.07, 6.45) is 3.95. The number of hydrogen-bond acceptors (Lipinski definition) is 3. The number of hydrogen-bond donors (Lipinski definition) is 2.